The first-order valence-corrected chi connectivity index (χ1v) is 8.30. The van der Waals surface area contributed by atoms with E-state index in [1.807, 2.05) is 4.90 Å². The Morgan fingerprint density at radius 2 is 2.17 bits per heavy atom. The van der Waals surface area contributed by atoms with Crippen molar-refractivity contribution in [2.24, 2.45) is 5.92 Å². The summed E-state index contributed by atoms with van der Waals surface area (Å²) in [6.45, 7) is -0.371. The number of ether oxygens (including phenoxy) is 2. The summed E-state index contributed by atoms with van der Waals surface area (Å²) in [5.74, 6) is 0.112. The van der Waals surface area contributed by atoms with Crippen LogP contribution in [0.25, 0.3) is 0 Å². The molecule has 2 saturated heterocycles. The number of amides is 1. The number of halogens is 2. The lowest BCUT2D eigenvalue weighted by molar-refractivity contribution is -0.129. The van der Waals surface area contributed by atoms with Crippen molar-refractivity contribution in [3.63, 3.8) is 0 Å². The molecule has 2 atom stereocenters. The van der Waals surface area contributed by atoms with Crippen LogP contribution in [0.2, 0.25) is 0 Å². The number of rotatable bonds is 5. The van der Waals surface area contributed by atoms with E-state index in [2.05, 4.69) is 10.1 Å². The lowest BCUT2D eigenvalue weighted by Crippen LogP contribution is -2.42. The molecule has 0 saturated carbocycles. The molecule has 1 amide bonds. The van der Waals surface area contributed by atoms with Gasteiger partial charge >= 0.3 is 6.61 Å². The number of nitrogens with one attached hydrogen (secondary N) is 1. The van der Waals surface area contributed by atoms with Gasteiger partial charge in [0.2, 0.25) is 5.91 Å². The molecule has 0 unspecified atom stereocenters. The lowest BCUT2D eigenvalue weighted by Gasteiger charge is -2.24. The zero-order valence-electron chi connectivity index (χ0n) is 13.4. The Morgan fingerprint density at radius 3 is 2.92 bits per heavy atom. The summed E-state index contributed by atoms with van der Waals surface area (Å²) >= 11 is 0. The van der Waals surface area contributed by atoms with Crippen LogP contribution in [0, 0.1) is 5.92 Å². The number of alkyl halides is 2. The second-order valence-electron chi connectivity index (χ2n) is 6.20. The summed E-state index contributed by atoms with van der Waals surface area (Å²) in [6.07, 6.45) is 2.54. The summed E-state index contributed by atoms with van der Waals surface area (Å²) in [7, 11) is 0. The molecular weight excluding hydrogens is 318 g/mol. The third-order valence-electron chi connectivity index (χ3n) is 4.49. The largest absolute Gasteiger partial charge is 0.433 e. The summed E-state index contributed by atoms with van der Waals surface area (Å²) in [4.78, 5) is 14.2. The molecule has 0 bridgehead atoms. The van der Waals surface area contributed by atoms with Crippen LogP contribution in [0.1, 0.15) is 19.3 Å². The first-order chi connectivity index (χ1) is 11.6. The molecule has 2 aliphatic rings. The third kappa shape index (κ3) is 4.14. The molecule has 0 spiro atoms. The van der Waals surface area contributed by atoms with Gasteiger partial charge in [0.05, 0.1) is 18.2 Å². The molecule has 1 aromatic carbocycles. The van der Waals surface area contributed by atoms with Crippen LogP contribution in [0.3, 0.4) is 0 Å². The van der Waals surface area contributed by atoms with Gasteiger partial charge in [0.25, 0.3) is 0 Å². The number of nitrogens with zero attached hydrogens (tertiary/aromatic N) is 1. The van der Waals surface area contributed by atoms with Crippen molar-refractivity contribution >= 4 is 11.6 Å². The van der Waals surface area contributed by atoms with E-state index in [4.69, 9.17) is 4.74 Å². The monoisotopic (exact) mass is 340 g/mol. The fraction of sp³-hybridized carbons (Fsp3) is 0.588. The number of para-hydroxylation sites is 2. The highest BCUT2D eigenvalue weighted by Gasteiger charge is 2.29. The maximum absolute atomic E-state index is 12.5. The van der Waals surface area contributed by atoms with Gasteiger partial charge in [-0.3, -0.25) is 4.79 Å². The van der Waals surface area contributed by atoms with Gasteiger partial charge in [-0.05, 0) is 31.4 Å². The minimum absolute atomic E-state index is 0.0130. The van der Waals surface area contributed by atoms with Gasteiger partial charge < -0.3 is 19.7 Å². The van der Waals surface area contributed by atoms with E-state index in [-0.39, 0.29) is 23.6 Å². The molecule has 1 aromatic rings. The van der Waals surface area contributed by atoms with Gasteiger partial charge in [-0.1, -0.05) is 12.1 Å². The molecule has 2 aliphatic heterocycles. The van der Waals surface area contributed by atoms with E-state index >= 15 is 0 Å². The number of hydrogen-bond acceptors (Lipinski definition) is 4. The Kier molecular flexibility index (Phi) is 5.50. The minimum Gasteiger partial charge on any atom is -0.433 e. The Morgan fingerprint density at radius 1 is 1.33 bits per heavy atom. The SMILES string of the molecule is O=C(N[C@H]1CCN(c2ccccc2OC(F)F)C1)[C@@H]1CCCOC1. The highest BCUT2D eigenvalue weighted by Crippen LogP contribution is 2.31. The maximum Gasteiger partial charge on any atom is 0.387 e. The average Bonchev–Trinajstić information content (AvgIpc) is 3.04. The second kappa shape index (κ2) is 7.79. The van der Waals surface area contributed by atoms with Gasteiger partial charge in [-0.2, -0.15) is 8.78 Å². The van der Waals surface area contributed by atoms with Gasteiger partial charge in [-0.25, -0.2) is 0 Å². The fourth-order valence-electron chi connectivity index (χ4n) is 3.28. The molecule has 0 radical (unpaired) electrons. The number of carbonyl (C=O) groups excluding carboxylic acids is 1. The van der Waals surface area contributed by atoms with Crippen molar-refractivity contribution in [3.8, 4) is 5.75 Å². The van der Waals surface area contributed by atoms with Gasteiger partial charge in [0.15, 0.2) is 0 Å². The van der Waals surface area contributed by atoms with Crippen LogP contribution in [0.4, 0.5) is 14.5 Å². The molecule has 24 heavy (non-hydrogen) atoms. The molecule has 3 rings (SSSR count). The van der Waals surface area contributed by atoms with E-state index in [1.54, 1.807) is 18.2 Å². The second-order valence-corrected chi connectivity index (χ2v) is 6.20. The predicted octanol–water partition coefficient (Wildman–Crippen LogP) is 2.41. The Labute approximate surface area is 139 Å². The van der Waals surface area contributed by atoms with Crippen molar-refractivity contribution in [2.45, 2.75) is 31.9 Å². The van der Waals surface area contributed by atoms with Crippen LogP contribution < -0.4 is 15.0 Å². The first-order valence-electron chi connectivity index (χ1n) is 8.30. The van der Waals surface area contributed by atoms with Crippen LogP contribution in [-0.4, -0.2) is 44.9 Å². The molecule has 132 valence electrons. The maximum atomic E-state index is 12.5. The topological polar surface area (TPSA) is 50.8 Å². The number of carbonyl (C=O) groups is 1. The highest BCUT2D eigenvalue weighted by atomic mass is 19.3. The Bertz CT molecular complexity index is 565. The number of benzene rings is 1. The zero-order valence-corrected chi connectivity index (χ0v) is 13.4. The van der Waals surface area contributed by atoms with E-state index < -0.39 is 6.61 Å². The number of hydrogen-bond donors (Lipinski definition) is 1. The number of anilines is 1. The third-order valence-corrected chi connectivity index (χ3v) is 4.49. The normalized spacial score (nSPS) is 24.2. The average molecular weight is 340 g/mol. The molecule has 2 heterocycles. The van der Waals surface area contributed by atoms with E-state index in [0.717, 1.165) is 25.9 Å². The molecule has 2 fully saturated rings. The zero-order chi connectivity index (χ0) is 16.9. The Hall–Kier alpha value is -1.89. The predicted molar refractivity (Wildman–Crippen MR) is 85.4 cm³/mol. The van der Waals surface area contributed by atoms with Crippen molar-refractivity contribution in [3.05, 3.63) is 24.3 Å². The molecule has 1 N–H and O–H groups in total. The molecule has 0 aromatic heterocycles. The fourth-order valence-corrected chi connectivity index (χ4v) is 3.28. The quantitative estimate of drug-likeness (QED) is 0.894. The van der Waals surface area contributed by atoms with Crippen molar-refractivity contribution < 1.29 is 23.0 Å². The van der Waals surface area contributed by atoms with E-state index in [1.165, 1.54) is 6.07 Å². The summed E-state index contributed by atoms with van der Waals surface area (Å²) in [6, 6.07) is 6.77. The van der Waals surface area contributed by atoms with Crippen LogP contribution in [-0.2, 0) is 9.53 Å². The highest BCUT2D eigenvalue weighted by molar-refractivity contribution is 5.79. The molecular formula is C17H22F2N2O3. The van der Waals surface area contributed by atoms with E-state index in [9.17, 15) is 13.6 Å². The Balaban J connectivity index is 1.58. The van der Waals surface area contributed by atoms with Crippen LogP contribution >= 0.6 is 0 Å². The van der Waals surface area contributed by atoms with Gasteiger partial charge in [-0.15, -0.1) is 0 Å². The first kappa shape index (κ1) is 17.0. The van der Waals surface area contributed by atoms with Gasteiger partial charge in [0.1, 0.15) is 5.75 Å². The van der Waals surface area contributed by atoms with Crippen LogP contribution in [0.5, 0.6) is 5.75 Å². The summed E-state index contributed by atoms with van der Waals surface area (Å²) in [5.41, 5.74) is 0.635. The van der Waals surface area contributed by atoms with Gasteiger partial charge in [0, 0.05) is 25.7 Å². The van der Waals surface area contributed by atoms with Crippen molar-refractivity contribution in [1.29, 1.82) is 0 Å². The lowest BCUT2D eigenvalue weighted by atomic mass is 10.0. The van der Waals surface area contributed by atoms with E-state index in [0.29, 0.717) is 25.4 Å². The van der Waals surface area contributed by atoms with Crippen molar-refractivity contribution in [2.75, 3.05) is 31.2 Å². The standard InChI is InChI=1S/C17H22F2N2O3/c18-17(19)24-15-6-2-1-5-14(15)21-8-7-13(10-21)20-16(22)12-4-3-9-23-11-12/h1-2,5-6,12-13,17H,3-4,7-11H2,(H,20,22)/t12-,13+/m1/s1. The van der Waals surface area contributed by atoms with Crippen LogP contribution in [0.15, 0.2) is 24.3 Å². The molecule has 5 nitrogen and oxygen atoms in total. The summed E-state index contributed by atoms with van der Waals surface area (Å²) in [5, 5.41) is 3.06. The smallest absolute Gasteiger partial charge is 0.387 e. The van der Waals surface area contributed by atoms with Crippen molar-refractivity contribution in [1.82, 2.24) is 5.32 Å². The molecule has 0 aliphatic carbocycles. The summed E-state index contributed by atoms with van der Waals surface area (Å²) < 4.78 is 35.0. The molecule has 7 heteroatoms. The minimum atomic E-state index is -2.85.